The van der Waals surface area contributed by atoms with Gasteiger partial charge in [-0.15, -0.1) is 0 Å². The summed E-state index contributed by atoms with van der Waals surface area (Å²) in [6.45, 7) is 5.81. The second-order valence-electron chi connectivity index (χ2n) is 5.83. The van der Waals surface area contributed by atoms with Crippen LogP contribution in [0.4, 0.5) is 0 Å². The van der Waals surface area contributed by atoms with Crippen molar-refractivity contribution in [2.75, 3.05) is 19.8 Å². The summed E-state index contributed by atoms with van der Waals surface area (Å²) in [7, 11) is 0. The smallest absolute Gasteiger partial charge is 0.375 e. The van der Waals surface area contributed by atoms with Crippen molar-refractivity contribution >= 4 is 22.9 Å². The summed E-state index contributed by atoms with van der Waals surface area (Å²) in [5, 5.41) is 0.227. The number of ether oxygens (including phenoxy) is 3. The second-order valence-corrected chi connectivity index (χ2v) is 5.83. The Morgan fingerprint density at radius 2 is 1.62 bits per heavy atom. The van der Waals surface area contributed by atoms with E-state index in [-0.39, 0.29) is 47.0 Å². The molecule has 0 aliphatic heterocycles. The summed E-state index contributed by atoms with van der Waals surface area (Å²) in [4.78, 5) is 37.5. The van der Waals surface area contributed by atoms with Gasteiger partial charge in [0.05, 0.1) is 25.2 Å². The van der Waals surface area contributed by atoms with Gasteiger partial charge in [0.15, 0.2) is 0 Å². The van der Waals surface area contributed by atoms with E-state index >= 15 is 0 Å². The van der Waals surface area contributed by atoms with E-state index in [1.807, 2.05) is 6.92 Å². The van der Waals surface area contributed by atoms with E-state index in [2.05, 4.69) is 0 Å². The zero-order valence-electron chi connectivity index (χ0n) is 16.3. The highest BCUT2D eigenvalue weighted by Gasteiger charge is 2.26. The lowest BCUT2D eigenvalue weighted by atomic mass is 10.1. The number of carbonyl (C=O) groups is 2. The summed E-state index contributed by atoms with van der Waals surface area (Å²) in [5.41, 5.74) is -0.456. The summed E-state index contributed by atoms with van der Waals surface area (Å²) >= 11 is 0. The highest BCUT2D eigenvalue weighted by Crippen LogP contribution is 2.29. The average Bonchev–Trinajstić information content (AvgIpc) is 3.18. The van der Waals surface area contributed by atoms with Gasteiger partial charge in [-0.3, -0.25) is 4.79 Å². The predicted octanol–water partition coefficient (Wildman–Crippen LogP) is 3.81. The van der Waals surface area contributed by atoms with Gasteiger partial charge < -0.3 is 23.0 Å². The summed E-state index contributed by atoms with van der Waals surface area (Å²) in [6, 6.07) is 7.47. The van der Waals surface area contributed by atoms with Gasteiger partial charge >= 0.3 is 11.9 Å². The molecule has 0 spiro atoms. The summed E-state index contributed by atoms with van der Waals surface area (Å²) < 4.78 is 26.5. The molecule has 0 amide bonds. The van der Waals surface area contributed by atoms with Crippen LogP contribution in [0.25, 0.3) is 22.3 Å². The van der Waals surface area contributed by atoms with Crippen molar-refractivity contribution in [3.8, 4) is 17.1 Å². The topological polar surface area (TPSA) is 105 Å². The maximum absolute atomic E-state index is 13.1. The molecule has 0 saturated carbocycles. The van der Waals surface area contributed by atoms with Gasteiger partial charge in [-0.2, -0.15) is 0 Å². The molecule has 0 aliphatic carbocycles. The number of furan rings is 1. The Bertz CT molecular complexity index is 1110. The molecule has 0 unspecified atom stereocenters. The molecule has 1 aromatic carbocycles. The van der Waals surface area contributed by atoms with Crippen molar-refractivity contribution < 1.29 is 32.6 Å². The first-order valence-corrected chi connectivity index (χ1v) is 9.18. The van der Waals surface area contributed by atoms with Crippen LogP contribution in [0.3, 0.4) is 0 Å². The number of rotatable bonds is 7. The molecule has 0 radical (unpaired) electrons. The lowest BCUT2D eigenvalue weighted by Crippen LogP contribution is -2.14. The van der Waals surface area contributed by atoms with Crippen LogP contribution < -0.4 is 10.2 Å². The van der Waals surface area contributed by atoms with E-state index in [0.717, 1.165) is 0 Å². The van der Waals surface area contributed by atoms with Gasteiger partial charge in [-0.05, 0) is 45.0 Å². The van der Waals surface area contributed by atoms with Crippen LogP contribution in [0.5, 0.6) is 5.75 Å². The molecular weight excluding hydrogens is 380 g/mol. The maximum Gasteiger partial charge on any atom is 0.375 e. The third kappa shape index (κ3) is 4.01. The molecule has 2 aromatic heterocycles. The first-order chi connectivity index (χ1) is 14.0. The van der Waals surface area contributed by atoms with Crippen molar-refractivity contribution in [2.45, 2.75) is 20.8 Å². The number of carbonyl (C=O) groups excluding carboxylic acids is 2. The highest BCUT2D eigenvalue weighted by atomic mass is 16.5. The Labute approximate surface area is 166 Å². The molecular formula is C21H20O8. The fourth-order valence-corrected chi connectivity index (χ4v) is 2.78. The van der Waals surface area contributed by atoms with E-state index in [4.69, 9.17) is 23.0 Å². The van der Waals surface area contributed by atoms with Crippen molar-refractivity contribution in [2.24, 2.45) is 0 Å². The lowest BCUT2D eigenvalue weighted by Gasteiger charge is -2.09. The molecule has 2 heterocycles. The Balaban J connectivity index is 2.21. The minimum atomic E-state index is -0.822. The molecule has 0 fully saturated rings. The Morgan fingerprint density at radius 3 is 2.31 bits per heavy atom. The molecule has 0 bridgehead atoms. The molecule has 3 rings (SSSR count). The van der Waals surface area contributed by atoms with Crippen molar-refractivity contribution in [1.82, 2.24) is 0 Å². The number of hydrogen-bond acceptors (Lipinski definition) is 8. The highest BCUT2D eigenvalue weighted by molar-refractivity contribution is 5.97. The average molecular weight is 400 g/mol. The maximum atomic E-state index is 13.1. The van der Waals surface area contributed by atoms with E-state index in [9.17, 15) is 14.4 Å². The van der Waals surface area contributed by atoms with Crippen LogP contribution in [0, 0.1) is 0 Å². The third-order valence-corrected chi connectivity index (χ3v) is 3.96. The van der Waals surface area contributed by atoms with Crippen molar-refractivity contribution in [3.05, 3.63) is 52.1 Å². The Morgan fingerprint density at radius 1 is 0.897 bits per heavy atom. The molecule has 8 nitrogen and oxygen atoms in total. The van der Waals surface area contributed by atoms with Gasteiger partial charge in [0, 0.05) is 6.07 Å². The molecule has 0 saturated heterocycles. The van der Waals surface area contributed by atoms with Crippen LogP contribution in [0.15, 0.2) is 44.0 Å². The first-order valence-electron chi connectivity index (χ1n) is 9.18. The molecule has 3 aromatic rings. The fraction of sp³-hybridized carbons (Fsp3) is 0.286. The Kier molecular flexibility index (Phi) is 6.01. The monoisotopic (exact) mass is 400 g/mol. The molecule has 0 atom stereocenters. The minimum Gasteiger partial charge on any atom is -0.494 e. The quantitative estimate of drug-likeness (QED) is 0.552. The largest absolute Gasteiger partial charge is 0.494 e. The standard InChI is InChI=1S/C21H20O8/c1-4-25-12-7-8-13-16(11-12)29-19(21(24)27-6-3)17(18(13)22)14-9-10-15(28-14)20(23)26-5-2/h7-11H,4-6H2,1-3H3. The van der Waals surface area contributed by atoms with Gasteiger partial charge in [0.25, 0.3) is 0 Å². The number of esters is 2. The summed E-state index contributed by atoms with van der Waals surface area (Å²) in [6.07, 6.45) is 0. The fourth-order valence-electron chi connectivity index (χ4n) is 2.78. The van der Waals surface area contributed by atoms with E-state index in [1.54, 1.807) is 26.0 Å². The van der Waals surface area contributed by atoms with Crippen LogP contribution in [0.1, 0.15) is 41.9 Å². The van der Waals surface area contributed by atoms with E-state index < -0.39 is 17.4 Å². The first kappa shape index (κ1) is 20.2. The van der Waals surface area contributed by atoms with Crippen LogP contribution in [0.2, 0.25) is 0 Å². The summed E-state index contributed by atoms with van der Waals surface area (Å²) in [5.74, 6) is -1.42. The van der Waals surface area contributed by atoms with E-state index in [1.165, 1.54) is 18.2 Å². The zero-order chi connectivity index (χ0) is 21.0. The minimum absolute atomic E-state index is 0.000593. The number of benzene rings is 1. The Hall–Kier alpha value is -3.55. The lowest BCUT2D eigenvalue weighted by molar-refractivity contribution is 0.0486. The van der Waals surface area contributed by atoms with Crippen LogP contribution in [-0.2, 0) is 9.47 Å². The van der Waals surface area contributed by atoms with E-state index in [0.29, 0.717) is 12.4 Å². The zero-order valence-corrected chi connectivity index (χ0v) is 16.3. The SMILES string of the molecule is CCOC(=O)c1ccc(-c2c(C(=O)OCC)oc3cc(OCC)ccc3c2=O)o1. The molecule has 29 heavy (non-hydrogen) atoms. The second kappa shape index (κ2) is 8.64. The predicted molar refractivity (Wildman–Crippen MR) is 103 cm³/mol. The van der Waals surface area contributed by atoms with Gasteiger partial charge in [-0.1, -0.05) is 0 Å². The number of fused-ring (bicyclic) bond motifs is 1. The van der Waals surface area contributed by atoms with Gasteiger partial charge in [0.1, 0.15) is 22.7 Å². The molecule has 8 heteroatoms. The van der Waals surface area contributed by atoms with Crippen LogP contribution in [-0.4, -0.2) is 31.8 Å². The normalized spacial score (nSPS) is 10.7. The molecule has 0 N–H and O–H groups in total. The van der Waals surface area contributed by atoms with Gasteiger partial charge in [0.2, 0.25) is 16.9 Å². The van der Waals surface area contributed by atoms with Crippen molar-refractivity contribution in [1.29, 1.82) is 0 Å². The van der Waals surface area contributed by atoms with Gasteiger partial charge in [-0.25, -0.2) is 9.59 Å². The van der Waals surface area contributed by atoms with Crippen molar-refractivity contribution in [3.63, 3.8) is 0 Å². The number of hydrogen-bond donors (Lipinski definition) is 0. The molecule has 152 valence electrons. The van der Waals surface area contributed by atoms with Crippen LogP contribution >= 0.6 is 0 Å². The third-order valence-electron chi connectivity index (χ3n) is 3.96. The molecule has 0 aliphatic rings.